The number of carbonyl (C=O) groups is 1. The van der Waals surface area contributed by atoms with Gasteiger partial charge in [-0.15, -0.1) is 0 Å². The second-order valence-electron chi connectivity index (χ2n) is 5.51. The summed E-state index contributed by atoms with van der Waals surface area (Å²) >= 11 is 0. The van der Waals surface area contributed by atoms with Crippen LogP contribution in [0.15, 0.2) is 24.3 Å². The fourth-order valence-corrected chi connectivity index (χ4v) is 2.99. The van der Waals surface area contributed by atoms with Gasteiger partial charge in [0.05, 0.1) is 12.1 Å². The van der Waals surface area contributed by atoms with Crippen LogP contribution in [0.2, 0.25) is 0 Å². The normalized spacial score (nSPS) is 23.2. The summed E-state index contributed by atoms with van der Waals surface area (Å²) in [5.74, 6) is -0.240. The van der Waals surface area contributed by atoms with Gasteiger partial charge >= 0.3 is 0 Å². The van der Waals surface area contributed by atoms with E-state index in [0.29, 0.717) is 0 Å². The van der Waals surface area contributed by atoms with Gasteiger partial charge in [0.25, 0.3) is 0 Å². The van der Waals surface area contributed by atoms with E-state index in [-0.39, 0.29) is 24.0 Å². The van der Waals surface area contributed by atoms with Gasteiger partial charge in [-0.05, 0) is 38.8 Å². The van der Waals surface area contributed by atoms with Crippen molar-refractivity contribution in [1.29, 1.82) is 0 Å². The number of nitrogens with zero attached hydrogens (tertiary/aromatic N) is 1. The third-order valence-electron chi connectivity index (χ3n) is 3.90. The molecule has 0 bridgehead atoms. The van der Waals surface area contributed by atoms with Crippen LogP contribution in [0.3, 0.4) is 0 Å². The van der Waals surface area contributed by atoms with Gasteiger partial charge in [-0.2, -0.15) is 0 Å². The van der Waals surface area contributed by atoms with Gasteiger partial charge in [-0.1, -0.05) is 29.8 Å². The van der Waals surface area contributed by atoms with Crippen LogP contribution in [-0.4, -0.2) is 29.4 Å². The van der Waals surface area contributed by atoms with Crippen molar-refractivity contribution in [3.63, 3.8) is 0 Å². The van der Waals surface area contributed by atoms with Crippen molar-refractivity contribution >= 4 is 5.91 Å². The molecule has 0 radical (unpaired) electrons. The number of benzene rings is 1. The quantitative estimate of drug-likeness (QED) is 0.859. The third kappa shape index (κ3) is 2.96. The smallest absolute Gasteiger partial charge is 0.234 e. The van der Waals surface area contributed by atoms with E-state index in [4.69, 9.17) is 11.5 Å². The average molecular weight is 261 g/mol. The monoisotopic (exact) mass is 261 g/mol. The van der Waals surface area contributed by atoms with Crippen LogP contribution < -0.4 is 11.5 Å². The van der Waals surface area contributed by atoms with Crippen molar-refractivity contribution in [1.82, 2.24) is 4.90 Å². The van der Waals surface area contributed by atoms with Gasteiger partial charge < -0.3 is 11.5 Å². The van der Waals surface area contributed by atoms with E-state index in [1.807, 2.05) is 6.92 Å². The zero-order chi connectivity index (χ0) is 14.0. The van der Waals surface area contributed by atoms with Gasteiger partial charge in [-0.25, -0.2) is 0 Å². The first-order chi connectivity index (χ1) is 9.00. The molecule has 3 atom stereocenters. The Labute approximate surface area is 114 Å². The SMILES string of the molecule is Cc1ccc(C(C(C)N)N2CCCC2C(N)=O)cc1. The Morgan fingerprint density at radius 2 is 2.00 bits per heavy atom. The second kappa shape index (κ2) is 5.72. The summed E-state index contributed by atoms with van der Waals surface area (Å²) in [6.07, 6.45) is 1.84. The lowest BCUT2D eigenvalue weighted by molar-refractivity contribution is -0.123. The second-order valence-corrected chi connectivity index (χ2v) is 5.51. The van der Waals surface area contributed by atoms with E-state index in [1.54, 1.807) is 0 Å². The predicted octanol–water partition coefficient (Wildman–Crippen LogP) is 1.33. The zero-order valence-corrected chi connectivity index (χ0v) is 11.7. The molecule has 2 rings (SSSR count). The first-order valence-electron chi connectivity index (χ1n) is 6.88. The lowest BCUT2D eigenvalue weighted by Crippen LogP contribution is -2.47. The number of nitrogens with two attached hydrogens (primary N) is 2. The van der Waals surface area contributed by atoms with Crippen molar-refractivity contribution in [2.24, 2.45) is 11.5 Å². The van der Waals surface area contributed by atoms with Crippen molar-refractivity contribution in [3.05, 3.63) is 35.4 Å². The van der Waals surface area contributed by atoms with E-state index in [9.17, 15) is 4.79 Å². The molecule has 1 fully saturated rings. The summed E-state index contributed by atoms with van der Waals surface area (Å²) in [6, 6.07) is 8.19. The highest BCUT2D eigenvalue weighted by Crippen LogP contribution is 2.31. The summed E-state index contributed by atoms with van der Waals surface area (Å²) < 4.78 is 0. The number of carbonyl (C=O) groups excluding carboxylic acids is 1. The summed E-state index contributed by atoms with van der Waals surface area (Å²) in [5, 5.41) is 0. The van der Waals surface area contributed by atoms with E-state index in [1.165, 1.54) is 5.56 Å². The molecule has 1 aliphatic rings. The van der Waals surface area contributed by atoms with Crippen molar-refractivity contribution in [2.45, 2.75) is 44.8 Å². The number of hydrogen-bond donors (Lipinski definition) is 2. The van der Waals surface area contributed by atoms with E-state index in [0.717, 1.165) is 24.9 Å². The highest BCUT2D eigenvalue weighted by atomic mass is 16.1. The summed E-state index contributed by atoms with van der Waals surface area (Å²) in [6.45, 7) is 4.93. The minimum absolute atomic E-state index is 0.0392. The maximum Gasteiger partial charge on any atom is 0.234 e. The number of primary amides is 1. The van der Waals surface area contributed by atoms with Crippen LogP contribution in [0.4, 0.5) is 0 Å². The van der Waals surface area contributed by atoms with Crippen LogP contribution in [-0.2, 0) is 4.79 Å². The lowest BCUT2D eigenvalue weighted by atomic mass is 9.97. The maximum atomic E-state index is 11.6. The molecule has 0 aliphatic carbocycles. The minimum Gasteiger partial charge on any atom is -0.368 e. The zero-order valence-electron chi connectivity index (χ0n) is 11.7. The van der Waals surface area contributed by atoms with Gasteiger partial charge in [0.1, 0.15) is 0 Å². The van der Waals surface area contributed by atoms with Crippen molar-refractivity contribution in [2.75, 3.05) is 6.54 Å². The molecule has 4 heteroatoms. The van der Waals surface area contributed by atoms with E-state index in [2.05, 4.69) is 36.1 Å². The van der Waals surface area contributed by atoms with Gasteiger partial charge in [0.15, 0.2) is 0 Å². The van der Waals surface area contributed by atoms with E-state index >= 15 is 0 Å². The Morgan fingerprint density at radius 3 is 2.53 bits per heavy atom. The fraction of sp³-hybridized carbons (Fsp3) is 0.533. The molecule has 1 saturated heterocycles. The topological polar surface area (TPSA) is 72.3 Å². The first kappa shape index (κ1) is 14.0. The molecule has 104 valence electrons. The Hall–Kier alpha value is -1.39. The number of aryl methyl sites for hydroxylation is 1. The molecule has 1 amide bonds. The molecule has 1 aromatic rings. The Morgan fingerprint density at radius 1 is 1.37 bits per heavy atom. The number of likely N-dealkylation sites (tertiary alicyclic amines) is 1. The first-order valence-corrected chi connectivity index (χ1v) is 6.88. The standard InChI is InChI=1S/C15H23N3O/c1-10-5-7-12(8-6-10)14(11(2)16)18-9-3-4-13(18)15(17)19/h5-8,11,13-14H,3-4,9,16H2,1-2H3,(H2,17,19). The molecule has 1 aromatic carbocycles. The Balaban J connectivity index is 2.30. The van der Waals surface area contributed by atoms with Crippen molar-refractivity contribution < 1.29 is 4.79 Å². The molecule has 19 heavy (non-hydrogen) atoms. The summed E-state index contributed by atoms with van der Waals surface area (Å²) in [5.41, 5.74) is 14.0. The minimum atomic E-state index is -0.240. The number of amides is 1. The molecule has 4 nitrogen and oxygen atoms in total. The molecule has 0 saturated carbocycles. The third-order valence-corrected chi connectivity index (χ3v) is 3.90. The van der Waals surface area contributed by atoms with Crippen LogP contribution in [0, 0.1) is 6.92 Å². The summed E-state index contributed by atoms with van der Waals surface area (Å²) in [7, 11) is 0. The predicted molar refractivity (Wildman–Crippen MR) is 76.5 cm³/mol. The molecule has 1 aliphatic heterocycles. The van der Waals surface area contributed by atoms with Crippen LogP contribution in [0.1, 0.15) is 36.9 Å². The van der Waals surface area contributed by atoms with Gasteiger partial charge in [0.2, 0.25) is 5.91 Å². The largest absolute Gasteiger partial charge is 0.368 e. The Kier molecular flexibility index (Phi) is 4.22. The van der Waals surface area contributed by atoms with Crippen LogP contribution >= 0.6 is 0 Å². The summed E-state index contributed by atoms with van der Waals surface area (Å²) in [4.78, 5) is 13.7. The molecular weight excluding hydrogens is 238 g/mol. The van der Waals surface area contributed by atoms with E-state index < -0.39 is 0 Å². The number of hydrogen-bond acceptors (Lipinski definition) is 3. The molecule has 1 heterocycles. The number of rotatable bonds is 4. The van der Waals surface area contributed by atoms with Gasteiger partial charge in [0, 0.05) is 6.04 Å². The maximum absolute atomic E-state index is 11.6. The molecule has 0 aromatic heterocycles. The Bertz CT molecular complexity index is 441. The highest BCUT2D eigenvalue weighted by Gasteiger charge is 2.36. The lowest BCUT2D eigenvalue weighted by Gasteiger charge is -2.34. The van der Waals surface area contributed by atoms with Crippen LogP contribution in [0.25, 0.3) is 0 Å². The molecular formula is C15H23N3O. The van der Waals surface area contributed by atoms with Crippen molar-refractivity contribution in [3.8, 4) is 0 Å². The average Bonchev–Trinajstić information content (AvgIpc) is 2.80. The molecule has 4 N–H and O–H groups in total. The fourth-order valence-electron chi connectivity index (χ4n) is 2.99. The van der Waals surface area contributed by atoms with Gasteiger partial charge in [-0.3, -0.25) is 9.69 Å². The molecule has 0 spiro atoms. The highest BCUT2D eigenvalue weighted by molar-refractivity contribution is 5.80. The van der Waals surface area contributed by atoms with Crippen LogP contribution in [0.5, 0.6) is 0 Å². The molecule has 3 unspecified atom stereocenters.